The van der Waals surface area contributed by atoms with Crippen LogP contribution >= 0.6 is 11.6 Å². The zero-order chi connectivity index (χ0) is 18.6. The van der Waals surface area contributed by atoms with Gasteiger partial charge in [0.2, 0.25) is 0 Å². The predicted octanol–water partition coefficient (Wildman–Crippen LogP) is 1.77. The van der Waals surface area contributed by atoms with Crippen LogP contribution in [0, 0.1) is 6.92 Å². The van der Waals surface area contributed by atoms with Crippen molar-refractivity contribution < 1.29 is 23.7 Å². The first-order valence-electron chi connectivity index (χ1n) is 8.26. The predicted molar refractivity (Wildman–Crippen MR) is 89.4 cm³/mol. The van der Waals surface area contributed by atoms with Crippen molar-refractivity contribution in [2.45, 2.75) is 58.0 Å². The van der Waals surface area contributed by atoms with E-state index in [0.717, 1.165) is 0 Å². The summed E-state index contributed by atoms with van der Waals surface area (Å²) in [6.45, 7) is 6.99. The van der Waals surface area contributed by atoms with Gasteiger partial charge in [0.25, 0.3) is 0 Å². The topological polar surface area (TPSA) is 97.6 Å². The van der Waals surface area contributed by atoms with E-state index in [2.05, 4.69) is 15.0 Å². The van der Waals surface area contributed by atoms with Gasteiger partial charge in [0, 0.05) is 6.92 Å². The number of carbonyl (C=O) groups excluding carboxylic acids is 1. The summed E-state index contributed by atoms with van der Waals surface area (Å²) in [5, 5.41) is 0.255. The standard InChI is InChI=1S/C16H19ClN4O5/c1-7-19-13(17)10-14(20-7)21(6-18-10)15-12(24-8(2)22)11-9(5-23-15)25-16(3,4)26-11/h6,9,11-12,15H,5H2,1-4H3/t9-,11-,12+,15+/m0/s1. The number of aromatic nitrogens is 4. The van der Waals surface area contributed by atoms with Gasteiger partial charge in [-0.05, 0) is 20.8 Å². The van der Waals surface area contributed by atoms with Crippen molar-refractivity contribution in [1.82, 2.24) is 19.5 Å². The van der Waals surface area contributed by atoms with Crippen LogP contribution in [0.15, 0.2) is 6.33 Å². The molecule has 0 amide bonds. The van der Waals surface area contributed by atoms with Gasteiger partial charge in [-0.2, -0.15) is 0 Å². The number of rotatable bonds is 2. The number of halogens is 1. The highest BCUT2D eigenvalue weighted by Crippen LogP contribution is 2.39. The highest BCUT2D eigenvalue weighted by molar-refractivity contribution is 6.33. The molecular weight excluding hydrogens is 364 g/mol. The Hall–Kier alpha value is -1.81. The van der Waals surface area contributed by atoms with E-state index in [4.69, 9.17) is 30.5 Å². The highest BCUT2D eigenvalue weighted by Gasteiger charge is 2.53. The average molecular weight is 383 g/mol. The number of fused-ring (bicyclic) bond motifs is 2. The molecule has 0 N–H and O–H groups in total. The molecular formula is C16H19ClN4O5. The van der Waals surface area contributed by atoms with E-state index < -0.39 is 30.2 Å². The molecule has 2 fully saturated rings. The Labute approximate surface area is 154 Å². The van der Waals surface area contributed by atoms with Crippen molar-refractivity contribution in [3.8, 4) is 0 Å². The number of hydrogen-bond donors (Lipinski definition) is 0. The molecule has 0 bridgehead atoms. The first-order chi connectivity index (χ1) is 12.2. The average Bonchev–Trinajstić information content (AvgIpc) is 3.07. The molecule has 0 aliphatic carbocycles. The Bertz CT molecular complexity index is 870. The van der Waals surface area contributed by atoms with Crippen molar-refractivity contribution in [1.29, 1.82) is 0 Å². The Morgan fingerprint density at radius 2 is 2.15 bits per heavy atom. The van der Waals surface area contributed by atoms with Gasteiger partial charge in [-0.25, -0.2) is 15.0 Å². The molecule has 2 aromatic rings. The summed E-state index contributed by atoms with van der Waals surface area (Å²) < 4.78 is 25.0. The third kappa shape index (κ3) is 2.94. The molecule has 10 heteroatoms. The number of carbonyl (C=O) groups is 1. The SMILES string of the molecule is CC(=O)O[C@@H]1[C@H]2OC(C)(C)O[C@H]2CO[C@H]1n1cnc2c(Cl)nc(C)nc21. The lowest BCUT2D eigenvalue weighted by Crippen LogP contribution is -2.51. The van der Waals surface area contributed by atoms with Crippen molar-refractivity contribution in [3.05, 3.63) is 17.3 Å². The van der Waals surface area contributed by atoms with Crippen LogP contribution in [0.3, 0.4) is 0 Å². The van der Waals surface area contributed by atoms with E-state index in [-0.39, 0.29) is 17.9 Å². The van der Waals surface area contributed by atoms with Crippen molar-refractivity contribution in [2.75, 3.05) is 6.61 Å². The van der Waals surface area contributed by atoms with Gasteiger partial charge in [0.15, 0.2) is 28.9 Å². The summed E-state index contributed by atoms with van der Waals surface area (Å²) >= 11 is 6.16. The molecule has 140 valence electrons. The number of nitrogens with zero attached hydrogens (tertiary/aromatic N) is 4. The number of hydrogen-bond acceptors (Lipinski definition) is 8. The summed E-state index contributed by atoms with van der Waals surface area (Å²) in [5.41, 5.74) is 0.953. The van der Waals surface area contributed by atoms with Crippen LogP contribution in [0.4, 0.5) is 0 Å². The third-order valence-electron chi connectivity index (χ3n) is 4.32. The van der Waals surface area contributed by atoms with E-state index in [0.29, 0.717) is 17.0 Å². The summed E-state index contributed by atoms with van der Waals surface area (Å²) in [5.74, 6) is -0.722. The molecule has 2 aliphatic rings. The lowest BCUT2D eigenvalue weighted by Gasteiger charge is -2.37. The molecule has 2 saturated heterocycles. The van der Waals surface area contributed by atoms with Crippen molar-refractivity contribution in [2.24, 2.45) is 0 Å². The largest absolute Gasteiger partial charge is 0.455 e. The summed E-state index contributed by atoms with van der Waals surface area (Å²) in [7, 11) is 0. The number of aryl methyl sites for hydroxylation is 1. The zero-order valence-corrected chi connectivity index (χ0v) is 15.6. The molecule has 4 rings (SSSR count). The van der Waals surface area contributed by atoms with Crippen molar-refractivity contribution in [3.63, 3.8) is 0 Å². The van der Waals surface area contributed by atoms with Gasteiger partial charge < -0.3 is 18.9 Å². The Morgan fingerprint density at radius 3 is 2.88 bits per heavy atom. The van der Waals surface area contributed by atoms with Crippen molar-refractivity contribution >= 4 is 28.7 Å². The van der Waals surface area contributed by atoms with Crippen LogP contribution in [-0.2, 0) is 23.7 Å². The van der Waals surface area contributed by atoms with Gasteiger partial charge in [-0.1, -0.05) is 11.6 Å². The smallest absolute Gasteiger partial charge is 0.303 e. The third-order valence-corrected chi connectivity index (χ3v) is 4.59. The van der Waals surface area contributed by atoms with Gasteiger partial charge in [0.1, 0.15) is 23.5 Å². The zero-order valence-electron chi connectivity index (χ0n) is 14.8. The molecule has 0 saturated carbocycles. The minimum Gasteiger partial charge on any atom is -0.455 e. The maximum absolute atomic E-state index is 11.7. The molecule has 4 atom stereocenters. The van der Waals surface area contributed by atoms with E-state index >= 15 is 0 Å². The molecule has 0 spiro atoms. The molecule has 0 aromatic carbocycles. The van der Waals surface area contributed by atoms with E-state index in [1.807, 2.05) is 13.8 Å². The fourth-order valence-electron chi connectivity index (χ4n) is 3.45. The Balaban J connectivity index is 1.76. The second-order valence-electron chi connectivity index (χ2n) is 6.82. The van der Waals surface area contributed by atoms with Gasteiger partial charge in [-0.3, -0.25) is 9.36 Å². The first-order valence-corrected chi connectivity index (χ1v) is 8.64. The van der Waals surface area contributed by atoms with Crippen LogP contribution in [0.5, 0.6) is 0 Å². The number of imidazole rings is 1. The van der Waals surface area contributed by atoms with E-state index in [1.165, 1.54) is 6.92 Å². The van der Waals surface area contributed by atoms with Crippen LogP contribution < -0.4 is 0 Å². The summed E-state index contributed by atoms with van der Waals surface area (Å²) in [6, 6.07) is 0. The lowest BCUT2D eigenvalue weighted by atomic mass is 10.0. The Kier molecular flexibility index (Phi) is 4.14. The molecule has 0 radical (unpaired) electrons. The van der Waals surface area contributed by atoms with Crippen LogP contribution in [0.2, 0.25) is 5.15 Å². The minimum absolute atomic E-state index is 0.255. The number of ether oxygens (including phenoxy) is 4. The molecule has 0 unspecified atom stereocenters. The number of esters is 1. The maximum atomic E-state index is 11.7. The first kappa shape index (κ1) is 17.6. The molecule has 2 aliphatic heterocycles. The summed E-state index contributed by atoms with van der Waals surface area (Å²) in [4.78, 5) is 24.5. The van der Waals surface area contributed by atoms with Crippen LogP contribution in [-0.4, -0.2) is 56.2 Å². The summed E-state index contributed by atoms with van der Waals surface area (Å²) in [6.07, 6.45) is -0.649. The second kappa shape index (κ2) is 6.12. The van der Waals surface area contributed by atoms with Crippen LogP contribution in [0.1, 0.15) is 32.8 Å². The quantitative estimate of drug-likeness (QED) is 0.572. The fourth-order valence-corrected chi connectivity index (χ4v) is 3.70. The molecule has 9 nitrogen and oxygen atoms in total. The Morgan fingerprint density at radius 1 is 1.38 bits per heavy atom. The second-order valence-corrected chi connectivity index (χ2v) is 7.18. The highest BCUT2D eigenvalue weighted by atomic mass is 35.5. The molecule has 2 aromatic heterocycles. The monoisotopic (exact) mass is 382 g/mol. The minimum atomic E-state index is -0.787. The normalized spacial score (nSPS) is 30.3. The maximum Gasteiger partial charge on any atom is 0.303 e. The van der Waals surface area contributed by atoms with Crippen LogP contribution in [0.25, 0.3) is 11.2 Å². The van der Waals surface area contributed by atoms with Gasteiger partial charge in [-0.15, -0.1) is 0 Å². The van der Waals surface area contributed by atoms with Gasteiger partial charge in [0.05, 0.1) is 12.9 Å². The molecule has 4 heterocycles. The fraction of sp³-hybridized carbons (Fsp3) is 0.625. The van der Waals surface area contributed by atoms with Gasteiger partial charge >= 0.3 is 5.97 Å². The lowest BCUT2D eigenvalue weighted by molar-refractivity contribution is -0.204. The van der Waals surface area contributed by atoms with E-state index in [9.17, 15) is 4.79 Å². The molecule has 26 heavy (non-hydrogen) atoms. The van der Waals surface area contributed by atoms with E-state index in [1.54, 1.807) is 17.8 Å².